The highest BCUT2D eigenvalue weighted by Crippen LogP contribution is 2.44. The number of fused-ring (bicyclic) bond motifs is 1. The summed E-state index contributed by atoms with van der Waals surface area (Å²) in [6.45, 7) is 4.27. The summed E-state index contributed by atoms with van der Waals surface area (Å²) in [4.78, 5) is 36.3. The van der Waals surface area contributed by atoms with Crippen molar-refractivity contribution in [2.75, 3.05) is 28.4 Å². The van der Waals surface area contributed by atoms with E-state index in [0.717, 1.165) is 6.92 Å². The molecule has 0 N–H and O–H groups in total. The van der Waals surface area contributed by atoms with E-state index in [0.29, 0.717) is 0 Å². The van der Waals surface area contributed by atoms with Crippen molar-refractivity contribution in [2.24, 2.45) is 0 Å². The molecule has 0 spiro atoms. The Hall–Kier alpha value is -1.43. The van der Waals surface area contributed by atoms with Crippen molar-refractivity contribution in [1.82, 2.24) is 0 Å². The Bertz CT molecular complexity index is 607. The molecule has 0 aromatic rings. The molecule has 2 fully saturated rings. The lowest BCUT2D eigenvalue weighted by Gasteiger charge is -2.56. The minimum Gasteiger partial charge on any atom is -0.467 e. The Morgan fingerprint density at radius 2 is 1.37 bits per heavy atom. The summed E-state index contributed by atoms with van der Waals surface area (Å²) in [6.07, 6.45) is -5.74. The van der Waals surface area contributed by atoms with Gasteiger partial charge in [0.15, 0.2) is 18.0 Å². The third kappa shape index (κ3) is 3.53. The van der Waals surface area contributed by atoms with Crippen LogP contribution in [0.5, 0.6) is 0 Å². The Labute approximate surface area is 157 Å². The van der Waals surface area contributed by atoms with Crippen LogP contribution in [0.2, 0.25) is 0 Å². The van der Waals surface area contributed by atoms with E-state index in [1.54, 1.807) is 13.8 Å². The quantitative estimate of drug-likeness (QED) is 0.438. The van der Waals surface area contributed by atoms with E-state index in [4.69, 9.17) is 33.2 Å². The number of carbonyl (C=O) groups excluding carboxylic acids is 3. The van der Waals surface area contributed by atoms with E-state index < -0.39 is 59.6 Å². The fourth-order valence-corrected chi connectivity index (χ4v) is 3.28. The summed E-state index contributed by atoms with van der Waals surface area (Å²) in [7, 11) is 5.30. The molecular formula is C17H26O10. The van der Waals surface area contributed by atoms with Crippen LogP contribution >= 0.6 is 0 Å². The van der Waals surface area contributed by atoms with Gasteiger partial charge in [0.05, 0.1) is 7.11 Å². The van der Waals surface area contributed by atoms with Crippen LogP contribution in [0.1, 0.15) is 20.8 Å². The van der Waals surface area contributed by atoms with Crippen molar-refractivity contribution in [2.45, 2.75) is 62.9 Å². The maximum absolute atomic E-state index is 12.4. The molecule has 0 amide bonds. The van der Waals surface area contributed by atoms with Crippen LogP contribution in [0.3, 0.4) is 0 Å². The normalized spacial score (nSPS) is 41.5. The highest BCUT2D eigenvalue weighted by Gasteiger charge is 2.64. The molecule has 10 nitrogen and oxygen atoms in total. The molecule has 0 radical (unpaired) electrons. The van der Waals surface area contributed by atoms with Crippen LogP contribution in [0.4, 0.5) is 0 Å². The fourth-order valence-electron chi connectivity index (χ4n) is 3.28. The van der Waals surface area contributed by atoms with Crippen molar-refractivity contribution in [1.29, 1.82) is 0 Å². The largest absolute Gasteiger partial charge is 0.467 e. The van der Waals surface area contributed by atoms with Gasteiger partial charge >= 0.3 is 5.97 Å². The standard InChI is InChI=1S/C17H26O10/c1-8(18)9(19)10-11(21-4)12-13(14(25-10)15(20)22-5)27-17(3,24-7)16(2,23-6)26-12/h10-14H,1-7H3/t10-,11+,12-,13+,14+,16+,17+/m1/s1. The smallest absolute Gasteiger partial charge is 0.337 e. The predicted molar refractivity (Wildman–Crippen MR) is 87.7 cm³/mol. The molecule has 2 saturated heterocycles. The highest BCUT2D eigenvalue weighted by molar-refractivity contribution is 6.38. The molecule has 0 bridgehead atoms. The maximum Gasteiger partial charge on any atom is 0.337 e. The van der Waals surface area contributed by atoms with Crippen molar-refractivity contribution in [3.8, 4) is 0 Å². The minimum absolute atomic E-state index is 0.739. The summed E-state index contributed by atoms with van der Waals surface area (Å²) in [5.74, 6) is -5.19. The third-order valence-electron chi connectivity index (χ3n) is 5.17. The zero-order valence-electron chi connectivity index (χ0n) is 16.5. The van der Waals surface area contributed by atoms with Crippen LogP contribution in [0.15, 0.2) is 0 Å². The topological polar surface area (TPSA) is 116 Å². The summed E-state index contributed by atoms with van der Waals surface area (Å²) >= 11 is 0. The highest BCUT2D eigenvalue weighted by atomic mass is 16.8. The number of methoxy groups -OCH3 is 4. The number of hydrogen-bond acceptors (Lipinski definition) is 10. The van der Waals surface area contributed by atoms with Gasteiger partial charge in [-0.25, -0.2) is 4.79 Å². The average Bonchev–Trinajstić information content (AvgIpc) is 2.66. The van der Waals surface area contributed by atoms with Gasteiger partial charge in [-0.3, -0.25) is 9.59 Å². The minimum atomic E-state index is -1.41. The lowest BCUT2D eigenvalue weighted by molar-refractivity contribution is -0.469. The summed E-state index contributed by atoms with van der Waals surface area (Å²) in [5, 5.41) is 0. The van der Waals surface area contributed by atoms with Crippen molar-refractivity contribution < 1.29 is 47.5 Å². The number of hydrogen-bond donors (Lipinski definition) is 0. The second-order valence-corrected chi connectivity index (χ2v) is 6.59. The molecule has 0 aromatic heterocycles. The lowest BCUT2D eigenvalue weighted by atomic mass is 9.88. The van der Waals surface area contributed by atoms with Crippen LogP contribution in [-0.4, -0.2) is 88.1 Å². The first-order valence-electron chi connectivity index (χ1n) is 8.36. The van der Waals surface area contributed by atoms with Gasteiger partial charge in [0, 0.05) is 28.3 Å². The second-order valence-electron chi connectivity index (χ2n) is 6.59. The first kappa shape index (κ1) is 21.9. The number of esters is 1. The number of ether oxygens (including phenoxy) is 7. The molecule has 2 aliphatic rings. The number of carbonyl (C=O) groups is 3. The van der Waals surface area contributed by atoms with Crippen molar-refractivity contribution in [3.05, 3.63) is 0 Å². The van der Waals surface area contributed by atoms with Gasteiger partial charge in [0.2, 0.25) is 17.4 Å². The van der Waals surface area contributed by atoms with E-state index in [2.05, 4.69) is 0 Å². The molecule has 0 saturated carbocycles. The molecule has 27 heavy (non-hydrogen) atoms. The molecule has 0 aromatic carbocycles. The van der Waals surface area contributed by atoms with Crippen LogP contribution < -0.4 is 0 Å². The third-order valence-corrected chi connectivity index (χ3v) is 5.17. The zero-order chi connectivity index (χ0) is 20.6. The average molecular weight is 390 g/mol. The van der Waals surface area contributed by atoms with Gasteiger partial charge in [0.1, 0.15) is 18.3 Å². The van der Waals surface area contributed by atoms with Gasteiger partial charge in [0.25, 0.3) is 0 Å². The fraction of sp³-hybridized carbons (Fsp3) is 0.824. The van der Waals surface area contributed by atoms with Gasteiger partial charge in [-0.2, -0.15) is 0 Å². The predicted octanol–water partition coefficient (Wildman–Crippen LogP) is -0.391. The number of Topliss-reactive ketones (excluding diaryl/α,β-unsaturated/α-hetero) is 2. The van der Waals surface area contributed by atoms with Gasteiger partial charge < -0.3 is 33.2 Å². The molecule has 2 heterocycles. The van der Waals surface area contributed by atoms with Crippen LogP contribution in [0.25, 0.3) is 0 Å². The molecule has 0 unspecified atom stereocenters. The van der Waals surface area contributed by atoms with Crippen LogP contribution in [-0.2, 0) is 47.5 Å². The molecule has 10 heteroatoms. The Kier molecular flexibility index (Phi) is 6.40. The van der Waals surface area contributed by atoms with Gasteiger partial charge in [-0.15, -0.1) is 0 Å². The van der Waals surface area contributed by atoms with Gasteiger partial charge in [-0.05, 0) is 13.8 Å². The van der Waals surface area contributed by atoms with E-state index in [-0.39, 0.29) is 0 Å². The molecule has 154 valence electrons. The maximum atomic E-state index is 12.4. The van der Waals surface area contributed by atoms with Gasteiger partial charge in [-0.1, -0.05) is 0 Å². The second kappa shape index (κ2) is 7.90. The van der Waals surface area contributed by atoms with E-state index in [1.165, 1.54) is 28.4 Å². The van der Waals surface area contributed by atoms with E-state index in [9.17, 15) is 14.4 Å². The summed E-state index contributed by atoms with van der Waals surface area (Å²) < 4.78 is 38.7. The molecule has 0 aliphatic carbocycles. The van der Waals surface area contributed by atoms with Crippen molar-refractivity contribution in [3.63, 3.8) is 0 Å². The molecule has 2 rings (SSSR count). The monoisotopic (exact) mass is 390 g/mol. The summed E-state index contributed by atoms with van der Waals surface area (Å²) in [6, 6.07) is 0. The van der Waals surface area contributed by atoms with E-state index >= 15 is 0 Å². The molecule has 7 atom stereocenters. The Balaban J connectivity index is 2.52. The first-order chi connectivity index (χ1) is 12.6. The molecule has 2 aliphatic heterocycles. The summed E-state index contributed by atoms with van der Waals surface area (Å²) in [5.41, 5.74) is 0. The Morgan fingerprint density at radius 3 is 1.78 bits per heavy atom. The van der Waals surface area contributed by atoms with Crippen molar-refractivity contribution >= 4 is 17.5 Å². The van der Waals surface area contributed by atoms with Crippen LogP contribution in [0, 0.1) is 0 Å². The Morgan fingerprint density at radius 1 is 0.852 bits per heavy atom. The molecular weight excluding hydrogens is 364 g/mol. The zero-order valence-corrected chi connectivity index (χ0v) is 16.5. The van der Waals surface area contributed by atoms with E-state index in [1.807, 2.05) is 0 Å². The number of rotatable bonds is 6. The number of ketones is 2. The lowest BCUT2D eigenvalue weighted by Crippen LogP contribution is -2.74. The first-order valence-corrected chi connectivity index (χ1v) is 8.36. The SMILES string of the molecule is COC(=O)[C@H]1O[C@H](C(=O)C(C)=O)[C@H](OC)[C@H]2O[C@](C)(OC)[C@@](C)(OC)O[C@@H]21.